The minimum Gasteiger partial charge on any atom is -0.504 e. The van der Waals surface area contributed by atoms with E-state index in [1.807, 2.05) is 19.1 Å². The number of rotatable bonds is 4. The maximum absolute atomic E-state index is 10.1. The third kappa shape index (κ3) is 3.01. The lowest BCUT2D eigenvalue weighted by atomic mass is 9.74. The Morgan fingerprint density at radius 1 is 1.32 bits per heavy atom. The van der Waals surface area contributed by atoms with Crippen molar-refractivity contribution in [2.45, 2.75) is 25.1 Å². The van der Waals surface area contributed by atoms with Gasteiger partial charge in [-0.1, -0.05) is 12.1 Å². The van der Waals surface area contributed by atoms with Gasteiger partial charge < -0.3 is 20.3 Å². The van der Waals surface area contributed by atoms with Gasteiger partial charge in [-0.3, -0.25) is 4.98 Å². The maximum Gasteiger partial charge on any atom is 0.200 e. The van der Waals surface area contributed by atoms with Crippen molar-refractivity contribution in [3.63, 3.8) is 0 Å². The Labute approximate surface area is 162 Å². The number of nitriles is 1. The van der Waals surface area contributed by atoms with Crippen LogP contribution in [-0.2, 0) is 4.74 Å². The number of allylic oxidation sites excluding steroid dienone is 1. The second kappa shape index (κ2) is 7.38. The van der Waals surface area contributed by atoms with Gasteiger partial charge in [0, 0.05) is 24.2 Å². The Hall–Kier alpha value is -3.28. The number of fused-ring (bicyclic) bond motifs is 1. The molecule has 5 N–H and O–H groups in total. The first-order valence-corrected chi connectivity index (χ1v) is 9.07. The van der Waals surface area contributed by atoms with E-state index in [9.17, 15) is 10.4 Å². The highest BCUT2D eigenvalue weighted by Gasteiger charge is 2.49. The Morgan fingerprint density at radius 3 is 2.89 bits per heavy atom. The first kappa shape index (κ1) is 18.1. The summed E-state index contributed by atoms with van der Waals surface area (Å²) in [6, 6.07) is 11.0. The smallest absolute Gasteiger partial charge is 0.200 e. The molecule has 1 aromatic carbocycles. The molecule has 1 saturated heterocycles. The lowest BCUT2D eigenvalue weighted by Crippen LogP contribution is -2.41. The highest BCUT2D eigenvalue weighted by atomic mass is 16.5. The summed E-state index contributed by atoms with van der Waals surface area (Å²) in [7, 11) is 0. The van der Waals surface area contributed by atoms with Crippen LogP contribution in [0.15, 0.2) is 54.2 Å². The van der Waals surface area contributed by atoms with E-state index in [0.29, 0.717) is 17.9 Å². The fourth-order valence-corrected chi connectivity index (χ4v) is 3.93. The van der Waals surface area contributed by atoms with Crippen LogP contribution in [0.3, 0.4) is 0 Å². The second-order valence-corrected chi connectivity index (χ2v) is 6.70. The molecule has 28 heavy (non-hydrogen) atoms. The first-order valence-electron chi connectivity index (χ1n) is 9.07. The summed E-state index contributed by atoms with van der Waals surface area (Å²) in [6.45, 7) is 2.26. The molecule has 0 aliphatic carbocycles. The highest BCUT2D eigenvalue weighted by molar-refractivity contribution is 5.48. The summed E-state index contributed by atoms with van der Waals surface area (Å²) in [4.78, 5) is 4.21. The Kier molecular flexibility index (Phi) is 4.77. The van der Waals surface area contributed by atoms with Crippen LogP contribution in [0.25, 0.3) is 0 Å². The van der Waals surface area contributed by atoms with Crippen LogP contribution in [0.2, 0.25) is 0 Å². The van der Waals surface area contributed by atoms with Gasteiger partial charge in [-0.25, -0.2) is 10.9 Å². The molecule has 4 rings (SSSR count). The van der Waals surface area contributed by atoms with E-state index in [1.54, 1.807) is 30.6 Å². The lowest BCUT2D eigenvalue weighted by Gasteiger charge is -2.36. The number of ether oxygens (including phenoxy) is 2. The Balaban J connectivity index is 1.82. The molecule has 8 nitrogen and oxygen atoms in total. The van der Waals surface area contributed by atoms with Gasteiger partial charge in [0.05, 0.1) is 18.2 Å². The quantitative estimate of drug-likeness (QED) is 0.633. The molecule has 0 saturated carbocycles. The molecule has 2 aromatic rings. The molecule has 4 atom stereocenters. The number of nitrogens with two attached hydrogens (primary N) is 1. The fourth-order valence-electron chi connectivity index (χ4n) is 3.93. The molecule has 4 unspecified atom stereocenters. The average molecular weight is 379 g/mol. The van der Waals surface area contributed by atoms with E-state index >= 15 is 0 Å². The molecule has 2 aliphatic rings. The van der Waals surface area contributed by atoms with E-state index < -0.39 is 6.23 Å². The number of nitrogens with one attached hydrogen (secondary N) is 2. The van der Waals surface area contributed by atoms with Gasteiger partial charge in [-0.2, -0.15) is 5.26 Å². The SMILES string of the molecule is CCOc1cc(C2C(C#N)=C(N)OC3NNC(c4cccnc4)C32)ccc1O. The predicted octanol–water partition coefficient (Wildman–Crippen LogP) is 1.78. The number of aromatic nitrogens is 1. The van der Waals surface area contributed by atoms with E-state index in [2.05, 4.69) is 21.9 Å². The topological polar surface area (TPSA) is 125 Å². The van der Waals surface area contributed by atoms with Crippen LogP contribution in [0.4, 0.5) is 0 Å². The normalized spacial score (nSPS) is 26.3. The summed E-state index contributed by atoms with van der Waals surface area (Å²) >= 11 is 0. The number of hydrogen-bond donors (Lipinski definition) is 4. The van der Waals surface area contributed by atoms with E-state index in [-0.39, 0.29) is 29.5 Å². The standard InChI is InChI=1S/C20H21N5O3/c1-2-27-15-8-11(5-6-14(15)26)16-13(9-21)19(22)28-20-17(16)18(24-25-20)12-4-3-7-23-10-12/h3-8,10,16-18,20,24-26H,2,22H2,1H3. The number of phenolic OH excluding ortho intramolecular Hbond substituents is 1. The minimum atomic E-state index is -0.420. The van der Waals surface area contributed by atoms with Gasteiger partial charge in [0.1, 0.15) is 6.07 Å². The molecule has 0 spiro atoms. The molecule has 0 bridgehead atoms. The number of hydrazine groups is 1. The van der Waals surface area contributed by atoms with Crippen LogP contribution < -0.4 is 21.3 Å². The van der Waals surface area contributed by atoms with E-state index in [1.165, 1.54) is 0 Å². The molecule has 0 radical (unpaired) electrons. The van der Waals surface area contributed by atoms with Crippen molar-refractivity contribution in [1.82, 2.24) is 15.8 Å². The predicted molar refractivity (Wildman–Crippen MR) is 100 cm³/mol. The van der Waals surface area contributed by atoms with Gasteiger partial charge >= 0.3 is 0 Å². The monoisotopic (exact) mass is 379 g/mol. The van der Waals surface area contributed by atoms with Gasteiger partial charge in [0.25, 0.3) is 0 Å². The number of benzene rings is 1. The number of hydrogen-bond acceptors (Lipinski definition) is 8. The van der Waals surface area contributed by atoms with Gasteiger partial charge in [-0.05, 0) is 36.2 Å². The van der Waals surface area contributed by atoms with Crippen molar-refractivity contribution < 1.29 is 14.6 Å². The molecule has 1 fully saturated rings. The van der Waals surface area contributed by atoms with E-state index in [4.69, 9.17) is 15.2 Å². The molecule has 8 heteroatoms. The Bertz CT molecular complexity index is 941. The highest BCUT2D eigenvalue weighted by Crippen LogP contribution is 2.48. The zero-order chi connectivity index (χ0) is 19.7. The molecule has 1 aromatic heterocycles. The van der Waals surface area contributed by atoms with Crippen molar-refractivity contribution >= 4 is 0 Å². The second-order valence-electron chi connectivity index (χ2n) is 6.70. The summed E-state index contributed by atoms with van der Waals surface area (Å²) in [5.41, 5.74) is 14.6. The largest absolute Gasteiger partial charge is 0.504 e. The van der Waals surface area contributed by atoms with Gasteiger partial charge in [0.2, 0.25) is 5.88 Å². The number of nitrogens with zero attached hydrogens (tertiary/aromatic N) is 2. The molecule has 3 heterocycles. The molecule has 144 valence electrons. The van der Waals surface area contributed by atoms with Crippen LogP contribution in [0.1, 0.15) is 30.0 Å². The zero-order valence-electron chi connectivity index (χ0n) is 15.3. The molecular weight excluding hydrogens is 358 g/mol. The summed E-state index contributed by atoms with van der Waals surface area (Å²) < 4.78 is 11.3. The number of phenols is 1. The molecular formula is C20H21N5O3. The van der Waals surface area contributed by atoms with E-state index in [0.717, 1.165) is 11.1 Å². The summed E-state index contributed by atoms with van der Waals surface area (Å²) in [6.07, 6.45) is 3.08. The van der Waals surface area contributed by atoms with Crippen molar-refractivity contribution in [3.8, 4) is 17.6 Å². The lowest BCUT2D eigenvalue weighted by molar-refractivity contribution is 0.0340. The molecule has 2 aliphatic heterocycles. The fraction of sp³-hybridized carbons (Fsp3) is 0.300. The van der Waals surface area contributed by atoms with Crippen LogP contribution >= 0.6 is 0 Å². The molecule has 0 amide bonds. The van der Waals surface area contributed by atoms with Crippen molar-refractivity contribution in [3.05, 3.63) is 65.3 Å². The first-order chi connectivity index (χ1) is 13.6. The minimum absolute atomic E-state index is 0.0520. The van der Waals surface area contributed by atoms with Crippen molar-refractivity contribution in [2.24, 2.45) is 11.7 Å². The summed E-state index contributed by atoms with van der Waals surface area (Å²) in [5.74, 6) is 0.00856. The van der Waals surface area contributed by atoms with Gasteiger partial charge in [0.15, 0.2) is 17.7 Å². The summed E-state index contributed by atoms with van der Waals surface area (Å²) in [5, 5.41) is 19.9. The average Bonchev–Trinajstić information content (AvgIpc) is 3.13. The maximum atomic E-state index is 10.1. The third-order valence-corrected chi connectivity index (χ3v) is 5.14. The van der Waals surface area contributed by atoms with Crippen LogP contribution in [0, 0.1) is 17.2 Å². The van der Waals surface area contributed by atoms with Crippen LogP contribution in [-0.4, -0.2) is 22.9 Å². The van der Waals surface area contributed by atoms with Crippen LogP contribution in [0.5, 0.6) is 11.5 Å². The zero-order valence-corrected chi connectivity index (χ0v) is 15.3. The van der Waals surface area contributed by atoms with Gasteiger partial charge in [-0.15, -0.1) is 0 Å². The third-order valence-electron chi connectivity index (χ3n) is 5.14. The van der Waals surface area contributed by atoms with Crippen molar-refractivity contribution in [2.75, 3.05) is 6.61 Å². The van der Waals surface area contributed by atoms with Crippen molar-refractivity contribution in [1.29, 1.82) is 5.26 Å². The number of pyridine rings is 1. The number of aromatic hydroxyl groups is 1. The Morgan fingerprint density at radius 2 is 2.18 bits per heavy atom.